The minimum atomic E-state index is -3.79. The van der Waals surface area contributed by atoms with Crippen molar-refractivity contribution in [3.05, 3.63) is 34.3 Å². The largest absolute Gasteiger partial charge is 0.336 e. The number of likely N-dealkylation sites (tertiary alicyclic amines) is 1. The Morgan fingerprint density at radius 1 is 1.18 bits per heavy atom. The van der Waals surface area contributed by atoms with Crippen LogP contribution in [0, 0.1) is 11.8 Å². The molecule has 4 rings (SSSR count). The monoisotopic (exact) mass is 496 g/mol. The number of amides is 1. The van der Waals surface area contributed by atoms with E-state index in [2.05, 4.69) is 23.5 Å². The second-order valence-corrected chi connectivity index (χ2v) is 12.2. The molecule has 184 valence electrons. The van der Waals surface area contributed by atoms with Crippen LogP contribution in [0.25, 0.3) is 0 Å². The number of nitrogens with one attached hydrogen (secondary N) is 1. The molecule has 1 saturated heterocycles. The summed E-state index contributed by atoms with van der Waals surface area (Å²) in [5, 5.41) is 5.72. The topological polar surface area (TPSA) is 95.7 Å². The van der Waals surface area contributed by atoms with Crippen LogP contribution in [0.2, 0.25) is 5.02 Å². The molecule has 1 spiro atoms. The van der Waals surface area contributed by atoms with Gasteiger partial charge in [0.2, 0.25) is 5.91 Å². The summed E-state index contributed by atoms with van der Waals surface area (Å²) < 4.78 is 24.9. The summed E-state index contributed by atoms with van der Waals surface area (Å²) in [4.78, 5) is 18.1. The molecule has 3 aliphatic rings. The Bertz CT molecular complexity index is 968. The molecular formula is C24H37ClN4O3S. The number of nitrogens with zero attached hydrogens (tertiary/aromatic N) is 2. The van der Waals surface area contributed by atoms with E-state index in [1.165, 1.54) is 25.7 Å². The van der Waals surface area contributed by atoms with Gasteiger partial charge in [-0.25, -0.2) is 9.86 Å². The highest BCUT2D eigenvalue weighted by Crippen LogP contribution is 2.44. The van der Waals surface area contributed by atoms with Crippen molar-refractivity contribution >= 4 is 27.7 Å². The number of piperidine rings is 1. The maximum absolute atomic E-state index is 13.8. The number of nitrogens with two attached hydrogens (primary N) is 1. The number of rotatable bonds is 6. The second-order valence-electron chi connectivity index (χ2n) is 10.4. The highest BCUT2D eigenvalue weighted by Gasteiger charge is 2.49. The van der Waals surface area contributed by atoms with Gasteiger partial charge >= 0.3 is 0 Å². The van der Waals surface area contributed by atoms with Crippen LogP contribution < -0.4 is 9.86 Å². The van der Waals surface area contributed by atoms with Crippen LogP contribution in [-0.2, 0) is 27.0 Å². The Balaban J connectivity index is 1.49. The van der Waals surface area contributed by atoms with Crippen molar-refractivity contribution in [1.29, 1.82) is 0 Å². The molecule has 0 aromatic heterocycles. The quantitative estimate of drug-likeness (QED) is 0.632. The number of benzene rings is 1. The van der Waals surface area contributed by atoms with E-state index in [0.29, 0.717) is 17.6 Å². The Morgan fingerprint density at radius 3 is 2.45 bits per heavy atom. The van der Waals surface area contributed by atoms with E-state index in [4.69, 9.17) is 16.7 Å². The molecule has 2 fully saturated rings. The maximum atomic E-state index is 13.8. The van der Waals surface area contributed by atoms with Crippen LogP contribution in [0.4, 0.5) is 0 Å². The van der Waals surface area contributed by atoms with Gasteiger partial charge in [0.25, 0.3) is 10.2 Å². The zero-order valence-corrected chi connectivity index (χ0v) is 21.3. The number of halogens is 1. The van der Waals surface area contributed by atoms with Gasteiger partial charge in [-0.3, -0.25) is 4.79 Å². The normalized spacial score (nSPS) is 26.1. The van der Waals surface area contributed by atoms with E-state index in [0.717, 1.165) is 48.9 Å². The van der Waals surface area contributed by atoms with Gasteiger partial charge in [-0.1, -0.05) is 31.5 Å². The van der Waals surface area contributed by atoms with Gasteiger partial charge in [-0.2, -0.15) is 8.42 Å². The maximum Gasteiger partial charge on any atom is 0.274 e. The van der Waals surface area contributed by atoms with Gasteiger partial charge in [0.1, 0.15) is 0 Å². The Morgan fingerprint density at radius 2 is 1.85 bits per heavy atom. The van der Waals surface area contributed by atoms with Crippen molar-refractivity contribution in [3.63, 3.8) is 0 Å². The number of hydrogen-bond acceptors (Lipinski definition) is 4. The third-order valence-electron chi connectivity index (χ3n) is 8.18. The van der Waals surface area contributed by atoms with Gasteiger partial charge in [0.15, 0.2) is 0 Å². The molecular weight excluding hydrogens is 460 g/mol. The van der Waals surface area contributed by atoms with Crippen LogP contribution in [0.15, 0.2) is 18.2 Å². The predicted molar refractivity (Wildman–Crippen MR) is 131 cm³/mol. The van der Waals surface area contributed by atoms with E-state index in [1.807, 2.05) is 18.2 Å². The molecule has 1 aliphatic carbocycles. The molecule has 2 aliphatic heterocycles. The van der Waals surface area contributed by atoms with Crippen molar-refractivity contribution in [2.75, 3.05) is 26.2 Å². The number of hydrogen-bond donors (Lipinski definition) is 2. The number of carbonyl (C=O) groups is 1. The van der Waals surface area contributed by atoms with E-state index in [-0.39, 0.29) is 19.0 Å². The SMILES string of the molecule is CC(C)C1CCC(N2CCC3(CC2)C(=O)N(CCNS(N)(=O)=O)Cc2cc(Cl)ccc23)CC1. The van der Waals surface area contributed by atoms with Crippen LogP contribution in [0.5, 0.6) is 0 Å². The standard InChI is InChI=1S/C24H37ClN4O3S/c1-17(2)18-3-6-21(7-4-18)28-12-9-24(10-13-28)22-8-5-20(25)15-19(22)16-29(23(24)30)14-11-27-33(26,31)32/h5,8,15,17-18,21,27H,3-4,6-7,9-14,16H2,1-2H3,(H2,26,31,32). The Kier molecular flexibility index (Phi) is 7.41. The first-order valence-electron chi connectivity index (χ1n) is 12.2. The molecule has 1 saturated carbocycles. The molecule has 3 N–H and O–H groups in total. The molecule has 1 aromatic carbocycles. The molecule has 0 unspecified atom stereocenters. The van der Waals surface area contributed by atoms with Crippen LogP contribution >= 0.6 is 11.6 Å². The molecule has 9 heteroatoms. The molecule has 0 bridgehead atoms. The van der Waals surface area contributed by atoms with Crippen molar-refractivity contribution in [2.45, 2.75) is 70.4 Å². The zero-order chi connectivity index (χ0) is 23.8. The predicted octanol–water partition coefficient (Wildman–Crippen LogP) is 3.02. The molecule has 0 atom stereocenters. The van der Waals surface area contributed by atoms with Gasteiger partial charge < -0.3 is 9.80 Å². The number of carbonyl (C=O) groups excluding carboxylic acids is 1. The first kappa shape index (κ1) is 24.9. The van der Waals surface area contributed by atoms with Crippen LogP contribution in [0.3, 0.4) is 0 Å². The summed E-state index contributed by atoms with van der Waals surface area (Å²) in [6.07, 6.45) is 6.67. The summed E-state index contributed by atoms with van der Waals surface area (Å²) >= 11 is 6.29. The highest BCUT2D eigenvalue weighted by atomic mass is 35.5. The summed E-state index contributed by atoms with van der Waals surface area (Å²) in [5.74, 6) is 1.69. The molecule has 1 amide bonds. The van der Waals surface area contributed by atoms with Gasteiger partial charge in [-0.15, -0.1) is 0 Å². The Hall–Kier alpha value is -1.19. The average molecular weight is 497 g/mol. The van der Waals surface area contributed by atoms with Gasteiger partial charge in [0, 0.05) is 30.7 Å². The fraction of sp³-hybridized carbons (Fsp3) is 0.708. The van der Waals surface area contributed by atoms with Crippen molar-refractivity contribution in [1.82, 2.24) is 14.5 Å². The number of fused-ring (bicyclic) bond motifs is 2. The van der Waals surface area contributed by atoms with E-state index in [1.54, 1.807) is 4.90 Å². The summed E-state index contributed by atoms with van der Waals surface area (Å²) in [7, 11) is -3.79. The minimum absolute atomic E-state index is 0.0942. The van der Waals surface area contributed by atoms with E-state index >= 15 is 0 Å². The van der Waals surface area contributed by atoms with Crippen molar-refractivity contribution in [2.24, 2.45) is 17.0 Å². The van der Waals surface area contributed by atoms with E-state index < -0.39 is 15.6 Å². The molecule has 7 nitrogen and oxygen atoms in total. The van der Waals surface area contributed by atoms with Gasteiger partial charge in [0.05, 0.1) is 5.41 Å². The van der Waals surface area contributed by atoms with E-state index in [9.17, 15) is 13.2 Å². The van der Waals surface area contributed by atoms with Crippen LogP contribution in [-0.4, -0.2) is 56.3 Å². The average Bonchev–Trinajstić information content (AvgIpc) is 2.77. The molecule has 33 heavy (non-hydrogen) atoms. The third kappa shape index (κ3) is 5.40. The lowest BCUT2D eigenvalue weighted by molar-refractivity contribution is -0.142. The smallest absolute Gasteiger partial charge is 0.274 e. The minimum Gasteiger partial charge on any atom is -0.336 e. The molecule has 0 radical (unpaired) electrons. The first-order valence-corrected chi connectivity index (χ1v) is 14.1. The first-order chi connectivity index (χ1) is 15.6. The summed E-state index contributed by atoms with van der Waals surface area (Å²) in [5.41, 5.74) is 1.59. The highest BCUT2D eigenvalue weighted by molar-refractivity contribution is 7.87. The van der Waals surface area contributed by atoms with Crippen molar-refractivity contribution in [3.8, 4) is 0 Å². The molecule has 1 aromatic rings. The second kappa shape index (κ2) is 9.82. The third-order valence-corrected chi connectivity index (χ3v) is 9.02. The summed E-state index contributed by atoms with van der Waals surface area (Å²) in [6, 6.07) is 6.48. The summed E-state index contributed by atoms with van der Waals surface area (Å²) in [6.45, 7) is 7.30. The lowest BCUT2D eigenvalue weighted by atomic mass is 9.67. The molecule has 2 heterocycles. The van der Waals surface area contributed by atoms with Gasteiger partial charge in [-0.05, 0) is 86.7 Å². The fourth-order valence-corrected chi connectivity index (χ4v) is 6.82. The lowest BCUT2D eigenvalue weighted by Gasteiger charge is -2.49. The zero-order valence-electron chi connectivity index (χ0n) is 19.7. The van der Waals surface area contributed by atoms with Crippen LogP contribution in [0.1, 0.15) is 63.5 Å². The Labute approximate surface area is 203 Å². The lowest BCUT2D eigenvalue weighted by Crippen LogP contribution is -2.58. The fourth-order valence-electron chi connectivity index (χ4n) is 6.25. The van der Waals surface area contributed by atoms with Crippen molar-refractivity contribution < 1.29 is 13.2 Å².